The van der Waals surface area contributed by atoms with Crippen molar-refractivity contribution in [2.24, 2.45) is 11.3 Å². The first-order valence-corrected chi connectivity index (χ1v) is 8.01. The van der Waals surface area contributed by atoms with Gasteiger partial charge in [0.25, 0.3) is 0 Å². The SMILES string of the molecule is Cc1cc(Br)ccc1CN1C[C@@H]2CCC[C@@]2(C(=O)O)C1. The van der Waals surface area contributed by atoms with E-state index >= 15 is 0 Å². The monoisotopic (exact) mass is 337 g/mol. The maximum Gasteiger partial charge on any atom is 0.311 e. The van der Waals surface area contributed by atoms with Crippen molar-refractivity contribution in [1.29, 1.82) is 0 Å². The van der Waals surface area contributed by atoms with Crippen molar-refractivity contribution in [2.45, 2.75) is 32.7 Å². The van der Waals surface area contributed by atoms with Crippen molar-refractivity contribution in [2.75, 3.05) is 13.1 Å². The molecule has 0 bridgehead atoms. The summed E-state index contributed by atoms with van der Waals surface area (Å²) >= 11 is 3.48. The molecule has 2 fully saturated rings. The van der Waals surface area contributed by atoms with Crippen molar-refractivity contribution in [1.82, 2.24) is 4.90 Å². The van der Waals surface area contributed by atoms with Gasteiger partial charge in [-0.15, -0.1) is 0 Å². The molecule has 1 saturated heterocycles. The minimum atomic E-state index is -0.588. The van der Waals surface area contributed by atoms with Crippen LogP contribution < -0.4 is 0 Å². The summed E-state index contributed by atoms with van der Waals surface area (Å²) in [7, 11) is 0. The number of rotatable bonds is 3. The van der Waals surface area contributed by atoms with Gasteiger partial charge in [-0.3, -0.25) is 9.69 Å². The first-order chi connectivity index (χ1) is 9.51. The number of likely N-dealkylation sites (tertiary alicyclic amines) is 1. The molecule has 108 valence electrons. The Kier molecular flexibility index (Phi) is 3.63. The van der Waals surface area contributed by atoms with E-state index in [4.69, 9.17) is 0 Å². The Morgan fingerprint density at radius 3 is 3.00 bits per heavy atom. The summed E-state index contributed by atoms with van der Waals surface area (Å²) in [6, 6.07) is 6.33. The highest BCUT2D eigenvalue weighted by Crippen LogP contribution is 2.49. The second-order valence-corrected chi connectivity index (χ2v) is 7.21. The maximum atomic E-state index is 11.7. The van der Waals surface area contributed by atoms with E-state index in [1.807, 2.05) is 0 Å². The van der Waals surface area contributed by atoms with Crippen LogP contribution in [0.15, 0.2) is 22.7 Å². The predicted molar refractivity (Wildman–Crippen MR) is 81.6 cm³/mol. The number of aliphatic carboxylic acids is 1. The lowest BCUT2D eigenvalue weighted by atomic mass is 9.81. The van der Waals surface area contributed by atoms with Crippen molar-refractivity contribution in [3.8, 4) is 0 Å². The average Bonchev–Trinajstić information content (AvgIpc) is 2.90. The number of aryl methyl sites for hydroxylation is 1. The molecule has 1 N–H and O–H groups in total. The Labute approximate surface area is 128 Å². The zero-order chi connectivity index (χ0) is 14.3. The van der Waals surface area contributed by atoms with Gasteiger partial charge in [0.15, 0.2) is 0 Å². The predicted octanol–water partition coefficient (Wildman–Crippen LogP) is 3.44. The summed E-state index contributed by atoms with van der Waals surface area (Å²) in [5.41, 5.74) is 2.10. The van der Waals surface area contributed by atoms with E-state index in [0.29, 0.717) is 12.5 Å². The van der Waals surface area contributed by atoms with Gasteiger partial charge < -0.3 is 5.11 Å². The number of halogens is 1. The molecule has 0 spiro atoms. The average molecular weight is 338 g/mol. The number of fused-ring (bicyclic) bond motifs is 1. The van der Waals surface area contributed by atoms with Crippen molar-refractivity contribution >= 4 is 21.9 Å². The molecule has 1 aromatic carbocycles. The third-order valence-electron chi connectivity index (χ3n) is 5.07. The summed E-state index contributed by atoms with van der Waals surface area (Å²) in [5, 5.41) is 9.62. The Morgan fingerprint density at radius 1 is 1.55 bits per heavy atom. The molecule has 2 aliphatic rings. The van der Waals surface area contributed by atoms with E-state index in [1.54, 1.807) is 0 Å². The van der Waals surface area contributed by atoms with Crippen LogP contribution in [-0.4, -0.2) is 29.1 Å². The van der Waals surface area contributed by atoms with E-state index in [2.05, 4.69) is 46.0 Å². The molecule has 0 radical (unpaired) electrons. The molecule has 2 atom stereocenters. The van der Waals surface area contributed by atoms with Gasteiger partial charge in [0.2, 0.25) is 0 Å². The van der Waals surface area contributed by atoms with E-state index in [0.717, 1.165) is 36.8 Å². The molecule has 4 heteroatoms. The highest BCUT2D eigenvalue weighted by Gasteiger charge is 2.54. The molecule has 1 saturated carbocycles. The highest BCUT2D eigenvalue weighted by molar-refractivity contribution is 9.10. The number of benzene rings is 1. The second kappa shape index (κ2) is 5.15. The molecule has 0 aromatic heterocycles. The molecule has 1 aliphatic heterocycles. The van der Waals surface area contributed by atoms with Gasteiger partial charge in [-0.1, -0.05) is 28.4 Å². The van der Waals surface area contributed by atoms with Gasteiger partial charge in [-0.25, -0.2) is 0 Å². The third-order valence-corrected chi connectivity index (χ3v) is 5.56. The lowest BCUT2D eigenvalue weighted by Crippen LogP contribution is -2.35. The lowest BCUT2D eigenvalue weighted by Gasteiger charge is -2.23. The summed E-state index contributed by atoms with van der Waals surface area (Å²) < 4.78 is 1.10. The second-order valence-electron chi connectivity index (χ2n) is 6.29. The van der Waals surface area contributed by atoms with Crippen LogP contribution in [0.5, 0.6) is 0 Å². The summed E-state index contributed by atoms with van der Waals surface area (Å²) in [6.45, 7) is 4.62. The van der Waals surface area contributed by atoms with Crippen LogP contribution in [-0.2, 0) is 11.3 Å². The number of hydrogen-bond donors (Lipinski definition) is 1. The molecular formula is C16H20BrNO2. The van der Waals surface area contributed by atoms with Gasteiger partial charge in [-0.2, -0.15) is 0 Å². The Morgan fingerprint density at radius 2 is 2.35 bits per heavy atom. The van der Waals surface area contributed by atoms with E-state index in [-0.39, 0.29) is 0 Å². The topological polar surface area (TPSA) is 40.5 Å². The molecule has 20 heavy (non-hydrogen) atoms. The first-order valence-electron chi connectivity index (χ1n) is 7.22. The number of hydrogen-bond acceptors (Lipinski definition) is 2. The number of carboxylic acid groups (broad SMARTS) is 1. The van der Waals surface area contributed by atoms with Gasteiger partial charge in [0.1, 0.15) is 0 Å². The number of carbonyl (C=O) groups is 1. The minimum Gasteiger partial charge on any atom is -0.481 e. The van der Waals surface area contributed by atoms with Crippen LogP contribution in [0.3, 0.4) is 0 Å². The smallest absolute Gasteiger partial charge is 0.311 e. The quantitative estimate of drug-likeness (QED) is 0.918. The normalized spacial score (nSPS) is 29.6. The van der Waals surface area contributed by atoms with Gasteiger partial charge in [0.05, 0.1) is 5.41 Å². The fourth-order valence-corrected chi connectivity index (χ4v) is 4.42. The van der Waals surface area contributed by atoms with Gasteiger partial charge in [-0.05, 0) is 48.9 Å². The summed E-state index contributed by atoms with van der Waals surface area (Å²) in [4.78, 5) is 14.0. The van der Waals surface area contributed by atoms with Crippen LogP contribution in [0.1, 0.15) is 30.4 Å². The molecule has 3 rings (SSSR count). The van der Waals surface area contributed by atoms with Crippen LogP contribution in [0.25, 0.3) is 0 Å². The molecule has 3 nitrogen and oxygen atoms in total. The summed E-state index contributed by atoms with van der Waals surface area (Å²) in [6.07, 6.45) is 2.99. The highest BCUT2D eigenvalue weighted by atomic mass is 79.9. The molecule has 1 aliphatic carbocycles. The largest absolute Gasteiger partial charge is 0.481 e. The van der Waals surface area contributed by atoms with Crippen LogP contribution in [0.2, 0.25) is 0 Å². The molecule has 0 unspecified atom stereocenters. The van der Waals surface area contributed by atoms with Crippen LogP contribution in [0, 0.1) is 18.3 Å². The van der Waals surface area contributed by atoms with Gasteiger partial charge >= 0.3 is 5.97 Å². The Hall–Kier alpha value is -0.870. The fraction of sp³-hybridized carbons (Fsp3) is 0.562. The van der Waals surface area contributed by atoms with E-state index in [1.165, 1.54) is 11.1 Å². The van der Waals surface area contributed by atoms with Crippen molar-refractivity contribution < 1.29 is 9.90 Å². The maximum absolute atomic E-state index is 11.7. The zero-order valence-corrected chi connectivity index (χ0v) is 13.3. The number of carboxylic acids is 1. The van der Waals surface area contributed by atoms with E-state index in [9.17, 15) is 9.90 Å². The fourth-order valence-electron chi connectivity index (χ4n) is 3.94. The summed E-state index contributed by atoms with van der Waals surface area (Å²) in [5.74, 6) is -0.245. The van der Waals surface area contributed by atoms with E-state index < -0.39 is 11.4 Å². The standard InChI is InChI=1S/C16H20BrNO2/c1-11-7-14(17)5-4-12(11)8-18-9-13-3-2-6-16(13,10-18)15(19)20/h4-5,7,13H,2-3,6,8-10H2,1H3,(H,19,20)/t13-,16+/m0/s1. The van der Waals surface area contributed by atoms with Crippen LogP contribution >= 0.6 is 15.9 Å². The van der Waals surface area contributed by atoms with Crippen molar-refractivity contribution in [3.63, 3.8) is 0 Å². The minimum absolute atomic E-state index is 0.343. The molecular weight excluding hydrogens is 318 g/mol. The molecule has 1 heterocycles. The number of nitrogens with zero attached hydrogens (tertiary/aromatic N) is 1. The van der Waals surface area contributed by atoms with Gasteiger partial charge in [0, 0.05) is 24.1 Å². The first kappa shape index (κ1) is 14.1. The lowest BCUT2D eigenvalue weighted by molar-refractivity contribution is -0.149. The molecule has 0 amide bonds. The van der Waals surface area contributed by atoms with Crippen LogP contribution in [0.4, 0.5) is 0 Å². The zero-order valence-electron chi connectivity index (χ0n) is 11.7. The molecule has 1 aromatic rings. The van der Waals surface area contributed by atoms with Crippen molar-refractivity contribution in [3.05, 3.63) is 33.8 Å². The third kappa shape index (κ3) is 2.29. The Balaban J connectivity index is 1.76. The Bertz CT molecular complexity index is 545.